The normalized spacial score (nSPS) is 21.3. The number of carbonyl (C=O) groups excluding carboxylic acids is 3. The molecule has 0 spiro atoms. The smallest absolute Gasteiger partial charge is 0.251 e. The molecule has 2 saturated heterocycles. The number of nitrogens with one attached hydrogen (secondary N) is 3. The van der Waals surface area contributed by atoms with Crippen LogP contribution in [0.3, 0.4) is 0 Å². The number of H-pyrrole nitrogens is 1. The molecule has 3 heterocycles. The second-order valence-electron chi connectivity index (χ2n) is 9.48. The number of fused-ring (bicyclic) bond motifs is 2. The second-order valence-corrected chi connectivity index (χ2v) is 9.48. The van der Waals surface area contributed by atoms with Crippen molar-refractivity contribution in [3.63, 3.8) is 0 Å². The summed E-state index contributed by atoms with van der Waals surface area (Å²) >= 11 is 0. The molecule has 7 nitrogen and oxygen atoms in total. The number of piperazine rings is 1. The first-order valence-electron chi connectivity index (χ1n) is 12.2. The molecule has 0 unspecified atom stereocenters. The number of rotatable bonds is 5. The van der Waals surface area contributed by atoms with E-state index in [-0.39, 0.29) is 23.8 Å². The van der Waals surface area contributed by atoms with Crippen molar-refractivity contribution in [3.05, 3.63) is 96.2 Å². The van der Waals surface area contributed by atoms with Crippen molar-refractivity contribution in [2.75, 3.05) is 6.54 Å². The number of para-hydroxylation sites is 1. The average molecular weight is 479 g/mol. The number of aromatic nitrogens is 1. The van der Waals surface area contributed by atoms with Gasteiger partial charge in [0.1, 0.15) is 12.1 Å². The van der Waals surface area contributed by atoms with Gasteiger partial charge in [-0.25, -0.2) is 0 Å². The molecule has 2 aliphatic heterocycles. The lowest BCUT2D eigenvalue weighted by Gasteiger charge is -2.34. The van der Waals surface area contributed by atoms with Crippen molar-refractivity contribution in [3.8, 4) is 11.1 Å². The lowest BCUT2D eigenvalue weighted by atomic mass is 10.0. The molecule has 3 aromatic carbocycles. The highest BCUT2D eigenvalue weighted by Crippen LogP contribution is 2.26. The zero-order valence-corrected chi connectivity index (χ0v) is 19.6. The Morgan fingerprint density at radius 3 is 2.44 bits per heavy atom. The van der Waals surface area contributed by atoms with Crippen LogP contribution in [0.4, 0.5) is 0 Å². The van der Waals surface area contributed by atoms with Crippen LogP contribution in [0.15, 0.2) is 85.1 Å². The highest BCUT2D eigenvalue weighted by Gasteiger charge is 2.46. The molecule has 6 rings (SSSR count). The fourth-order valence-corrected chi connectivity index (χ4v) is 5.33. The van der Waals surface area contributed by atoms with Gasteiger partial charge in [-0.1, -0.05) is 60.7 Å². The number of hydrogen-bond donors (Lipinski definition) is 3. The maximum absolute atomic E-state index is 13.3. The van der Waals surface area contributed by atoms with Crippen LogP contribution in [0.25, 0.3) is 22.0 Å². The minimum atomic E-state index is -0.618. The number of nitrogens with zero attached hydrogens (tertiary/aromatic N) is 1. The van der Waals surface area contributed by atoms with Gasteiger partial charge >= 0.3 is 0 Å². The van der Waals surface area contributed by atoms with Crippen molar-refractivity contribution in [2.45, 2.75) is 31.0 Å². The molecule has 0 bridgehead atoms. The highest BCUT2D eigenvalue weighted by atomic mass is 16.2. The quantitative estimate of drug-likeness (QED) is 0.411. The molecule has 180 valence electrons. The molecule has 7 heteroatoms. The minimum Gasteiger partial charge on any atom is -0.361 e. The van der Waals surface area contributed by atoms with Gasteiger partial charge in [-0.3, -0.25) is 14.4 Å². The highest BCUT2D eigenvalue weighted by molar-refractivity contribution is 5.99. The summed E-state index contributed by atoms with van der Waals surface area (Å²) in [6.07, 6.45) is 2.72. The van der Waals surface area contributed by atoms with E-state index in [1.807, 2.05) is 72.9 Å². The molecule has 0 saturated carbocycles. The summed E-state index contributed by atoms with van der Waals surface area (Å²) in [4.78, 5) is 43.9. The molecule has 3 amide bonds. The third-order valence-electron chi connectivity index (χ3n) is 7.19. The van der Waals surface area contributed by atoms with Crippen LogP contribution >= 0.6 is 0 Å². The number of aromatic amines is 1. The van der Waals surface area contributed by atoms with Gasteiger partial charge in [-0.05, 0) is 41.3 Å². The van der Waals surface area contributed by atoms with E-state index in [9.17, 15) is 14.4 Å². The maximum Gasteiger partial charge on any atom is 0.251 e. The van der Waals surface area contributed by atoms with Crippen LogP contribution in [0, 0.1) is 0 Å². The zero-order valence-electron chi connectivity index (χ0n) is 19.6. The summed E-state index contributed by atoms with van der Waals surface area (Å²) in [5.74, 6) is -0.472. The van der Waals surface area contributed by atoms with E-state index < -0.39 is 12.1 Å². The van der Waals surface area contributed by atoms with Crippen molar-refractivity contribution in [2.24, 2.45) is 0 Å². The minimum absolute atomic E-state index is 0.103. The van der Waals surface area contributed by atoms with Crippen LogP contribution < -0.4 is 10.6 Å². The molecule has 3 atom stereocenters. The number of benzene rings is 3. The first-order chi connectivity index (χ1) is 17.6. The lowest BCUT2D eigenvalue weighted by molar-refractivity contribution is -0.146. The van der Waals surface area contributed by atoms with Gasteiger partial charge in [0.25, 0.3) is 5.91 Å². The van der Waals surface area contributed by atoms with Crippen LogP contribution in [0.2, 0.25) is 0 Å². The van der Waals surface area contributed by atoms with E-state index in [2.05, 4.69) is 15.6 Å². The molecular weight excluding hydrogens is 452 g/mol. The van der Waals surface area contributed by atoms with Crippen LogP contribution in [-0.2, 0) is 16.0 Å². The lowest BCUT2D eigenvalue weighted by Crippen LogP contribution is -2.61. The number of carbonyl (C=O) groups is 3. The molecule has 1 aromatic heterocycles. The molecule has 2 aliphatic rings. The number of amides is 3. The molecule has 0 radical (unpaired) electrons. The summed E-state index contributed by atoms with van der Waals surface area (Å²) in [5, 5.41) is 6.98. The monoisotopic (exact) mass is 478 g/mol. The summed E-state index contributed by atoms with van der Waals surface area (Å²) in [7, 11) is 0. The summed E-state index contributed by atoms with van der Waals surface area (Å²) < 4.78 is 0. The SMILES string of the molecule is O=C(N[C@H]1C[C@H]2C(=O)N[C@@H](Cc3c[nH]c4ccccc34)C(=O)N2C1)c1ccc(-c2ccccc2)cc1. The standard InChI is InChI=1S/C29H26N4O3/c34-27(20-12-10-19(11-13-20)18-6-2-1-3-7-18)31-22-15-26-28(35)32-25(29(36)33(26)17-22)14-21-16-30-24-9-5-4-8-23(21)24/h1-13,16,22,25-26,30H,14-15,17H2,(H,31,34)(H,32,35)/t22-,25-,26-/m0/s1. The molecular formula is C29H26N4O3. The summed E-state index contributed by atoms with van der Waals surface area (Å²) in [5.41, 5.74) is 4.66. The van der Waals surface area contributed by atoms with Crippen molar-refractivity contribution in [1.29, 1.82) is 0 Å². The third kappa shape index (κ3) is 4.02. The first kappa shape index (κ1) is 22.1. The predicted octanol–water partition coefficient (Wildman–Crippen LogP) is 3.28. The van der Waals surface area contributed by atoms with E-state index in [1.54, 1.807) is 17.0 Å². The zero-order chi connectivity index (χ0) is 24.6. The summed E-state index contributed by atoms with van der Waals surface area (Å²) in [6, 6.07) is 23.9. The van der Waals surface area contributed by atoms with Gasteiger partial charge in [0.2, 0.25) is 11.8 Å². The molecule has 4 aromatic rings. The average Bonchev–Trinajstić information content (AvgIpc) is 3.53. The Kier molecular flexibility index (Phi) is 5.52. The van der Waals surface area contributed by atoms with E-state index >= 15 is 0 Å². The summed E-state index contributed by atoms with van der Waals surface area (Å²) in [6.45, 7) is 0.329. The largest absolute Gasteiger partial charge is 0.361 e. The molecule has 3 N–H and O–H groups in total. The Bertz CT molecular complexity index is 1440. The Morgan fingerprint density at radius 1 is 0.917 bits per heavy atom. The van der Waals surface area contributed by atoms with Crippen LogP contribution in [-0.4, -0.2) is 52.3 Å². The predicted molar refractivity (Wildman–Crippen MR) is 137 cm³/mol. The maximum atomic E-state index is 13.3. The van der Waals surface area contributed by atoms with Crippen LogP contribution in [0.5, 0.6) is 0 Å². The second kappa shape index (κ2) is 9.00. The Morgan fingerprint density at radius 2 is 1.64 bits per heavy atom. The van der Waals surface area contributed by atoms with E-state index in [0.717, 1.165) is 27.6 Å². The fourth-order valence-electron chi connectivity index (χ4n) is 5.33. The van der Waals surface area contributed by atoms with Crippen molar-refractivity contribution < 1.29 is 14.4 Å². The van der Waals surface area contributed by atoms with E-state index in [4.69, 9.17) is 0 Å². The van der Waals surface area contributed by atoms with Gasteiger partial charge in [0.05, 0.1) is 0 Å². The van der Waals surface area contributed by atoms with Gasteiger partial charge in [0, 0.05) is 41.7 Å². The Hall–Kier alpha value is -4.39. The Labute approximate surface area is 208 Å². The first-order valence-corrected chi connectivity index (χ1v) is 12.2. The van der Waals surface area contributed by atoms with Crippen molar-refractivity contribution in [1.82, 2.24) is 20.5 Å². The van der Waals surface area contributed by atoms with Gasteiger partial charge in [-0.15, -0.1) is 0 Å². The van der Waals surface area contributed by atoms with E-state index in [0.29, 0.717) is 24.9 Å². The van der Waals surface area contributed by atoms with Gasteiger partial charge in [0.15, 0.2) is 0 Å². The van der Waals surface area contributed by atoms with Crippen molar-refractivity contribution >= 4 is 28.6 Å². The fraction of sp³-hybridized carbons (Fsp3) is 0.207. The molecule has 2 fully saturated rings. The van der Waals surface area contributed by atoms with Gasteiger partial charge < -0.3 is 20.5 Å². The van der Waals surface area contributed by atoms with E-state index in [1.165, 1.54) is 0 Å². The molecule has 0 aliphatic carbocycles. The van der Waals surface area contributed by atoms with Gasteiger partial charge in [-0.2, -0.15) is 0 Å². The Balaban J connectivity index is 1.12. The van der Waals surface area contributed by atoms with Crippen LogP contribution in [0.1, 0.15) is 22.3 Å². The topological polar surface area (TPSA) is 94.3 Å². The number of hydrogen-bond acceptors (Lipinski definition) is 3. The third-order valence-corrected chi connectivity index (χ3v) is 7.19. The molecule has 36 heavy (non-hydrogen) atoms.